The van der Waals surface area contributed by atoms with E-state index in [1.807, 2.05) is 0 Å². The zero-order valence-corrected chi connectivity index (χ0v) is 7.43. The lowest BCUT2D eigenvalue weighted by atomic mass is 10.3. The maximum Gasteiger partial charge on any atom is 0.347 e. The van der Waals surface area contributed by atoms with Crippen LogP contribution in [0.15, 0.2) is 4.79 Å². The minimum atomic E-state index is -0.173. The van der Waals surface area contributed by atoms with Crippen LogP contribution in [0.25, 0.3) is 0 Å². The molecule has 2 N–H and O–H groups in total. The Labute approximate surface area is 74.9 Å². The third kappa shape index (κ3) is 1.23. The molecule has 0 aromatic carbocycles. The van der Waals surface area contributed by atoms with Crippen LogP contribution >= 0.6 is 0 Å². The van der Waals surface area contributed by atoms with Gasteiger partial charge in [0.25, 0.3) is 0 Å². The van der Waals surface area contributed by atoms with E-state index in [1.54, 1.807) is 7.05 Å². The van der Waals surface area contributed by atoms with Crippen molar-refractivity contribution in [1.82, 2.24) is 14.3 Å². The Hall–Kier alpha value is -1.30. The minimum Gasteiger partial charge on any atom is -0.379 e. The van der Waals surface area contributed by atoms with Crippen molar-refractivity contribution in [3.63, 3.8) is 0 Å². The number of hydrogen-bond acceptors (Lipinski definition) is 4. The molecule has 1 saturated heterocycles. The highest BCUT2D eigenvalue weighted by Gasteiger charge is 2.22. The van der Waals surface area contributed by atoms with Gasteiger partial charge in [-0.05, 0) is 6.42 Å². The standard InChI is InChI=1S/C7H12N4O2/c1-10-7(12)11(6(8)9-10)5-2-3-13-4-5/h5H,2-4H2,1H3,(H2,8,9). The quantitative estimate of drug-likeness (QED) is 0.615. The molecule has 72 valence electrons. The maximum absolute atomic E-state index is 11.5. The molecule has 0 saturated carbocycles. The number of nitrogens with two attached hydrogens (primary N) is 1. The molecule has 1 atom stereocenters. The molecule has 1 aromatic rings. The van der Waals surface area contributed by atoms with Gasteiger partial charge in [0.2, 0.25) is 5.95 Å². The minimum absolute atomic E-state index is 0.0567. The third-order valence-electron chi connectivity index (χ3n) is 2.25. The molecule has 13 heavy (non-hydrogen) atoms. The molecular weight excluding hydrogens is 172 g/mol. The number of aryl methyl sites for hydroxylation is 1. The molecule has 2 heterocycles. The molecule has 1 unspecified atom stereocenters. The van der Waals surface area contributed by atoms with Gasteiger partial charge < -0.3 is 10.5 Å². The zero-order valence-electron chi connectivity index (χ0n) is 7.43. The first kappa shape index (κ1) is 8.31. The number of anilines is 1. The van der Waals surface area contributed by atoms with Gasteiger partial charge in [0, 0.05) is 13.7 Å². The van der Waals surface area contributed by atoms with Gasteiger partial charge in [0.05, 0.1) is 12.6 Å². The van der Waals surface area contributed by atoms with Crippen LogP contribution in [0.4, 0.5) is 5.95 Å². The summed E-state index contributed by atoms with van der Waals surface area (Å²) < 4.78 is 7.92. The van der Waals surface area contributed by atoms with Gasteiger partial charge in [-0.3, -0.25) is 4.57 Å². The fourth-order valence-electron chi connectivity index (χ4n) is 1.57. The van der Waals surface area contributed by atoms with Crippen molar-refractivity contribution in [2.24, 2.45) is 7.05 Å². The Bertz CT molecular complexity index is 361. The van der Waals surface area contributed by atoms with E-state index in [9.17, 15) is 4.79 Å². The average Bonchev–Trinajstić information content (AvgIpc) is 2.63. The third-order valence-corrected chi connectivity index (χ3v) is 2.25. The van der Waals surface area contributed by atoms with Crippen LogP contribution in [0.3, 0.4) is 0 Å². The van der Waals surface area contributed by atoms with Crippen molar-refractivity contribution in [2.45, 2.75) is 12.5 Å². The Morgan fingerprint density at radius 1 is 1.69 bits per heavy atom. The largest absolute Gasteiger partial charge is 0.379 e. The lowest BCUT2D eigenvalue weighted by Gasteiger charge is -2.07. The first-order valence-corrected chi connectivity index (χ1v) is 4.19. The van der Waals surface area contributed by atoms with Crippen LogP contribution in [0.5, 0.6) is 0 Å². The molecule has 0 spiro atoms. The van der Waals surface area contributed by atoms with Crippen molar-refractivity contribution in [1.29, 1.82) is 0 Å². The van der Waals surface area contributed by atoms with Gasteiger partial charge in [-0.2, -0.15) is 0 Å². The Morgan fingerprint density at radius 2 is 2.46 bits per heavy atom. The Kier molecular flexibility index (Phi) is 1.84. The highest BCUT2D eigenvalue weighted by Crippen LogP contribution is 2.18. The van der Waals surface area contributed by atoms with E-state index < -0.39 is 0 Å². The smallest absolute Gasteiger partial charge is 0.347 e. The second-order valence-electron chi connectivity index (χ2n) is 3.15. The van der Waals surface area contributed by atoms with E-state index in [0.29, 0.717) is 13.2 Å². The molecule has 0 bridgehead atoms. The number of nitrogen functional groups attached to an aromatic ring is 1. The van der Waals surface area contributed by atoms with Crippen molar-refractivity contribution >= 4 is 5.95 Å². The molecule has 2 rings (SSSR count). The fourth-order valence-corrected chi connectivity index (χ4v) is 1.57. The summed E-state index contributed by atoms with van der Waals surface area (Å²) in [5.41, 5.74) is 5.42. The lowest BCUT2D eigenvalue weighted by Crippen LogP contribution is -2.27. The average molecular weight is 184 g/mol. The first-order valence-electron chi connectivity index (χ1n) is 4.19. The molecule has 0 aliphatic carbocycles. The molecule has 1 aliphatic heterocycles. The molecular formula is C7H12N4O2. The van der Waals surface area contributed by atoms with Crippen LogP contribution in [0.2, 0.25) is 0 Å². The number of ether oxygens (including phenoxy) is 1. The lowest BCUT2D eigenvalue weighted by molar-refractivity contribution is 0.186. The van der Waals surface area contributed by atoms with Gasteiger partial charge >= 0.3 is 5.69 Å². The van der Waals surface area contributed by atoms with Crippen LogP contribution in [0, 0.1) is 0 Å². The number of rotatable bonds is 1. The van der Waals surface area contributed by atoms with E-state index in [4.69, 9.17) is 10.5 Å². The molecule has 1 aliphatic rings. The summed E-state index contributed by atoms with van der Waals surface area (Å²) in [5.74, 6) is 0.267. The molecule has 0 radical (unpaired) electrons. The van der Waals surface area contributed by atoms with Crippen molar-refractivity contribution < 1.29 is 4.74 Å². The van der Waals surface area contributed by atoms with Crippen LogP contribution in [-0.4, -0.2) is 27.6 Å². The Morgan fingerprint density at radius 3 is 2.92 bits per heavy atom. The van der Waals surface area contributed by atoms with E-state index in [2.05, 4.69) is 5.10 Å². The number of nitrogens with zero attached hydrogens (tertiary/aromatic N) is 3. The summed E-state index contributed by atoms with van der Waals surface area (Å²) in [7, 11) is 1.59. The highest BCUT2D eigenvalue weighted by atomic mass is 16.5. The normalized spacial score (nSPS) is 22.4. The maximum atomic E-state index is 11.5. The second-order valence-corrected chi connectivity index (χ2v) is 3.15. The van der Waals surface area contributed by atoms with Gasteiger partial charge in [-0.1, -0.05) is 0 Å². The highest BCUT2D eigenvalue weighted by molar-refractivity contribution is 5.15. The first-order chi connectivity index (χ1) is 6.20. The number of aromatic nitrogens is 3. The van der Waals surface area contributed by atoms with Gasteiger partial charge in [0.1, 0.15) is 0 Å². The SMILES string of the molecule is Cn1nc(N)n(C2CCOC2)c1=O. The molecule has 1 fully saturated rings. The summed E-state index contributed by atoms with van der Waals surface area (Å²) in [6.07, 6.45) is 0.829. The summed E-state index contributed by atoms with van der Waals surface area (Å²) in [6.45, 7) is 1.24. The molecule has 6 heteroatoms. The van der Waals surface area contributed by atoms with E-state index in [-0.39, 0.29) is 17.7 Å². The van der Waals surface area contributed by atoms with E-state index in [0.717, 1.165) is 6.42 Å². The van der Waals surface area contributed by atoms with Gasteiger partial charge in [-0.15, -0.1) is 5.10 Å². The van der Waals surface area contributed by atoms with Crippen LogP contribution in [-0.2, 0) is 11.8 Å². The summed E-state index contributed by atoms with van der Waals surface area (Å²) >= 11 is 0. The van der Waals surface area contributed by atoms with Crippen LogP contribution < -0.4 is 11.4 Å². The summed E-state index contributed by atoms with van der Waals surface area (Å²) in [4.78, 5) is 11.5. The second kappa shape index (κ2) is 2.88. The van der Waals surface area contributed by atoms with Crippen LogP contribution in [0.1, 0.15) is 12.5 Å². The molecule has 1 aromatic heterocycles. The summed E-state index contributed by atoms with van der Waals surface area (Å²) in [5, 5.41) is 3.84. The van der Waals surface area contributed by atoms with E-state index in [1.165, 1.54) is 9.25 Å². The topological polar surface area (TPSA) is 75.1 Å². The molecule has 6 nitrogen and oxygen atoms in total. The Balaban J connectivity index is 2.43. The molecule has 0 amide bonds. The van der Waals surface area contributed by atoms with Gasteiger partial charge in [0.15, 0.2) is 0 Å². The van der Waals surface area contributed by atoms with Gasteiger partial charge in [-0.25, -0.2) is 9.48 Å². The summed E-state index contributed by atoms with van der Waals surface area (Å²) in [6, 6.07) is 0.0567. The zero-order chi connectivity index (χ0) is 9.42. The monoisotopic (exact) mass is 184 g/mol. The van der Waals surface area contributed by atoms with Crippen molar-refractivity contribution in [3.05, 3.63) is 10.5 Å². The van der Waals surface area contributed by atoms with Crippen molar-refractivity contribution in [3.8, 4) is 0 Å². The number of hydrogen-bond donors (Lipinski definition) is 1. The predicted molar refractivity (Wildman–Crippen MR) is 46.4 cm³/mol. The van der Waals surface area contributed by atoms with E-state index >= 15 is 0 Å². The predicted octanol–water partition coefficient (Wildman–Crippen LogP) is -0.875. The van der Waals surface area contributed by atoms with Crippen molar-refractivity contribution in [2.75, 3.05) is 18.9 Å². The fraction of sp³-hybridized carbons (Fsp3) is 0.714.